The summed E-state index contributed by atoms with van der Waals surface area (Å²) in [6.45, 7) is 18.1. The van der Waals surface area contributed by atoms with Crippen molar-refractivity contribution in [3.05, 3.63) is 13.8 Å². The molecule has 6 saturated carbocycles. The van der Waals surface area contributed by atoms with Crippen LogP contribution in [-0.2, 0) is 0 Å². The minimum absolute atomic E-state index is 0. The molecule has 0 spiro atoms. The van der Waals surface area contributed by atoms with E-state index in [1.54, 1.807) is 0 Å². The Labute approximate surface area is 174 Å². The summed E-state index contributed by atoms with van der Waals surface area (Å²) < 4.78 is 0. The van der Waals surface area contributed by atoms with Gasteiger partial charge in [0.1, 0.15) is 0 Å². The summed E-state index contributed by atoms with van der Waals surface area (Å²) in [5.74, 6) is 5.50. The van der Waals surface area contributed by atoms with Crippen LogP contribution in [0.25, 0.3) is 0 Å². The van der Waals surface area contributed by atoms with Gasteiger partial charge in [-0.25, -0.2) is 0 Å². The van der Waals surface area contributed by atoms with Gasteiger partial charge >= 0.3 is 23.9 Å². The van der Waals surface area contributed by atoms with E-state index in [-0.39, 0.29) is 48.7 Å². The van der Waals surface area contributed by atoms with Gasteiger partial charge in [-0.3, -0.25) is 0 Å². The maximum atomic E-state index is 4.21. The molecule has 4 bridgehead atoms. The molecule has 3 heteroatoms. The summed E-state index contributed by atoms with van der Waals surface area (Å²) in [6, 6.07) is 0. The van der Waals surface area contributed by atoms with E-state index in [0.717, 1.165) is 35.5 Å². The third-order valence-electron chi connectivity index (χ3n) is 8.00. The summed E-state index contributed by atoms with van der Waals surface area (Å²) in [7, 11) is 0. The molecule has 0 aliphatic heterocycles. The maximum absolute atomic E-state index is 4.21. The van der Waals surface area contributed by atoms with E-state index in [9.17, 15) is 0 Å². The summed E-state index contributed by atoms with van der Waals surface area (Å²) in [6.07, 6.45) is 8.61. The van der Waals surface area contributed by atoms with Crippen LogP contribution in [0.3, 0.4) is 0 Å². The Balaban J connectivity index is 0.000000372. The van der Waals surface area contributed by atoms with Gasteiger partial charge in [0.2, 0.25) is 0 Å². The van der Waals surface area contributed by atoms with Gasteiger partial charge in [-0.05, 0) is 98.7 Å². The fourth-order valence-electron chi connectivity index (χ4n) is 5.93. The van der Waals surface area contributed by atoms with Gasteiger partial charge in [0.05, 0.1) is 0 Å². The van der Waals surface area contributed by atoms with Crippen LogP contribution in [0.15, 0.2) is 0 Å². The third-order valence-corrected chi connectivity index (χ3v) is 8.00. The Kier molecular flexibility index (Phi) is 8.88. The van der Waals surface area contributed by atoms with E-state index in [1.165, 1.54) is 38.5 Å². The number of hydrogen-bond acceptors (Lipinski definition) is 0. The van der Waals surface area contributed by atoms with Gasteiger partial charge < -0.3 is 24.8 Å². The molecule has 0 nitrogen and oxygen atoms in total. The summed E-state index contributed by atoms with van der Waals surface area (Å²) in [5.41, 5.74) is 1.29. The van der Waals surface area contributed by atoms with E-state index in [0.29, 0.717) is 10.8 Å². The Morgan fingerprint density at radius 1 is 0.652 bits per heavy atom. The molecule has 6 atom stereocenters. The summed E-state index contributed by atoms with van der Waals surface area (Å²) in [4.78, 5) is 0. The largest absolute Gasteiger partial charge is 2.00 e. The zero-order valence-electron chi connectivity index (χ0n) is 15.4. The first kappa shape index (κ1) is 24.4. The quantitative estimate of drug-likeness (QED) is 0.421. The smallest absolute Gasteiger partial charge is 1.00 e. The molecule has 0 unspecified atom stereocenters. The molecular formula is C20H34Cl2Sn. The van der Waals surface area contributed by atoms with Crippen LogP contribution in [0.1, 0.15) is 66.2 Å². The molecule has 4 radical (unpaired) electrons. The van der Waals surface area contributed by atoms with Crippen LogP contribution in [0, 0.1) is 60.2 Å². The van der Waals surface area contributed by atoms with Crippen LogP contribution in [0.4, 0.5) is 0 Å². The van der Waals surface area contributed by atoms with E-state index in [2.05, 4.69) is 41.5 Å². The van der Waals surface area contributed by atoms with E-state index in [4.69, 9.17) is 0 Å². The summed E-state index contributed by atoms with van der Waals surface area (Å²) >= 11 is 0. The fourth-order valence-corrected chi connectivity index (χ4v) is 5.93. The molecule has 0 heterocycles. The van der Waals surface area contributed by atoms with Gasteiger partial charge in [-0.15, -0.1) is 0 Å². The Hall–Kier alpha value is 1.38. The zero-order valence-corrected chi connectivity index (χ0v) is 19.7. The van der Waals surface area contributed by atoms with E-state index < -0.39 is 0 Å². The number of rotatable bonds is 0. The first-order chi connectivity index (χ1) is 9.24. The Morgan fingerprint density at radius 2 is 0.957 bits per heavy atom. The van der Waals surface area contributed by atoms with Crippen molar-refractivity contribution in [2.45, 2.75) is 66.2 Å². The molecule has 6 fully saturated rings. The standard InChI is InChI=1S/2C10H17.2ClH.Sn/c2*1-7-4-5-8-6-9(7)10(8,2)3;;;/h2*7-9H,1,4-6H2,2-3H3;2*1H;/q;;;;+2/p-2/t2*7-,8-,9-;;;/m11.../s1. The van der Waals surface area contributed by atoms with Crippen molar-refractivity contribution in [3.63, 3.8) is 0 Å². The number of hydrogen-bond donors (Lipinski definition) is 0. The molecule has 0 N–H and O–H groups in total. The van der Waals surface area contributed by atoms with Crippen molar-refractivity contribution in [1.29, 1.82) is 0 Å². The molecule has 23 heavy (non-hydrogen) atoms. The Bertz CT molecular complexity index is 340. The molecule has 6 aliphatic carbocycles. The average molecular weight is 464 g/mol. The van der Waals surface area contributed by atoms with Gasteiger partial charge in [0.25, 0.3) is 0 Å². The van der Waals surface area contributed by atoms with Crippen molar-refractivity contribution in [1.82, 2.24) is 0 Å². The van der Waals surface area contributed by atoms with Crippen molar-refractivity contribution >= 4 is 23.9 Å². The minimum Gasteiger partial charge on any atom is -1.00 e. The molecule has 0 aromatic heterocycles. The second-order valence-electron chi connectivity index (χ2n) is 9.40. The molecule has 6 aliphatic rings. The molecule has 0 saturated heterocycles. The third kappa shape index (κ3) is 4.05. The topological polar surface area (TPSA) is 0 Å². The Morgan fingerprint density at radius 3 is 1.09 bits per heavy atom. The second kappa shape index (κ2) is 8.38. The van der Waals surface area contributed by atoms with E-state index in [1.807, 2.05) is 0 Å². The van der Waals surface area contributed by atoms with Crippen molar-refractivity contribution in [2.75, 3.05) is 0 Å². The van der Waals surface area contributed by atoms with Crippen LogP contribution in [-0.4, -0.2) is 23.9 Å². The van der Waals surface area contributed by atoms with E-state index >= 15 is 0 Å². The van der Waals surface area contributed by atoms with Crippen LogP contribution >= 0.6 is 0 Å². The van der Waals surface area contributed by atoms with Crippen molar-refractivity contribution < 1.29 is 24.8 Å². The number of fused-ring (bicyclic) bond motifs is 4. The van der Waals surface area contributed by atoms with Crippen LogP contribution < -0.4 is 24.8 Å². The van der Waals surface area contributed by atoms with Crippen molar-refractivity contribution in [2.24, 2.45) is 46.3 Å². The molecule has 0 aromatic carbocycles. The van der Waals surface area contributed by atoms with Gasteiger partial charge in [0, 0.05) is 0 Å². The second-order valence-corrected chi connectivity index (χ2v) is 9.40. The molecule has 0 aromatic rings. The fraction of sp³-hybridized carbons (Fsp3) is 0.900. The van der Waals surface area contributed by atoms with Crippen LogP contribution in [0.5, 0.6) is 0 Å². The summed E-state index contributed by atoms with van der Waals surface area (Å²) in [5, 5.41) is 0. The molecule has 6 rings (SSSR count). The number of halogens is 2. The minimum atomic E-state index is 0. The van der Waals surface area contributed by atoms with Gasteiger partial charge in [-0.2, -0.15) is 0 Å². The monoisotopic (exact) mass is 464 g/mol. The molecule has 0 amide bonds. The van der Waals surface area contributed by atoms with Crippen LogP contribution in [0.2, 0.25) is 0 Å². The van der Waals surface area contributed by atoms with Crippen molar-refractivity contribution in [3.8, 4) is 0 Å². The normalized spacial score (nSPS) is 43.6. The maximum Gasteiger partial charge on any atom is 2.00 e. The predicted molar refractivity (Wildman–Crippen MR) is 92.7 cm³/mol. The van der Waals surface area contributed by atoms with Gasteiger partial charge in [-0.1, -0.05) is 27.7 Å². The van der Waals surface area contributed by atoms with Gasteiger partial charge in [0.15, 0.2) is 0 Å². The average Bonchev–Trinajstić information content (AvgIpc) is 2.38. The first-order valence-corrected chi connectivity index (χ1v) is 8.90. The first-order valence-electron chi connectivity index (χ1n) is 8.90. The molecule has 132 valence electrons. The SMILES string of the molecule is [CH2][C@@H]1CC[C@@H]2C[C@H]1C2(C)C.[CH2][C@@H]1CC[C@@H]2C[C@H]1C2(C)C.[Cl-].[Cl-].[Sn+2]. The zero-order chi connectivity index (χ0) is 14.7. The predicted octanol–water partition coefficient (Wildman–Crippen LogP) is -0.587. The molecular weight excluding hydrogens is 430 g/mol.